The van der Waals surface area contributed by atoms with Gasteiger partial charge in [0.15, 0.2) is 0 Å². The number of amides is 1. The number of nitrogens with one attached hydrogen (secondary N) is 2. The summed E-state index contributed by atoms with van der Waals surface area (Å²) in [6.45, 7) is 3.86. The quantitative estimate of drug-likeness (QED) is 0.767. The van der Waals surface area contributed by atoms with Gasteiger partial charge in [-0.25, -0.2) is 0 Å². The first-order valence-corrected chi connectivity index (χ1v) is 7.13. The summed E-state index contributed by atoms with van der Waals surface area (Å²) in [5.74, 6) is -0.134. The van der Waals surface area contributed by atoms with Crippen molar-refractivity contribution in [2.45, 2.75) is 13.8 Å². The number of hydrogen-bond acceptors (Lipinski definition) is 2. The number of benzene rings is 2. The zero-order chi connectivity index (χ0) is 15.5. The summed E-state index contributed by atoms with van der Waals surface area (Å²) in [7, 11) is 0. The first kappa shape index (κ1) is 14.1. The van der Waals surface area contributed by atoms with Crippen molar-refractivity contribution >= 4 is 11.6 Å². The number of aromatic amines is 1. The number of H-pyrrole nitrogens is 1. The lowest BCUT2D eigenvalue weighted by atomic mass is 10.1. The van der Waals surface area contributed by atoms with Gasteiger partial charge in [0.2, 0.25) is 0 Å². The molecule has 0 fully saturated rings. The first-order valence-electron chi connectivity index (χ1n) is 7.13. The van der Waals surface area contributed by atoms with Gasteiger partial charge in [0.25, 0.3) is 5.91 Å². The molecule has 2 aromatic carbocycles. The predicted molar refractivity (Wildman–Crippen MR) is 87.9 cm³/mol. The van der Waals surface area contributed by atoms with Gasteiger partial charge >= 0.3 is 0 Å². The lowest BCUT2D eigenvalue weighted by molar-refractivity contribution is 0.102. The number of carbonyl (C=O) groups excluding carboxylic acids is 1. The third-order valence-electron chi connectivity index (χ3n) is 3.51. The van der Waals surface area contributed by atoms with Crippen LogP contribution in [0.4, 0.5) is 5.69 Å². The maximum Gasteiger partial charge on any atom is 0.255 e. The Kier molecular flexibility index (Phi) is 3.74. The molecule has 0 bridgehead atoms. The molecule has 0 atom stereocenters. The molecule has 0 saturated heterocycles. The Morgan fingerprint density at radius 2 is 1.82 bits per heavy atom. The average Bonchev–Trinajstić information content (AvgIpc) is 2.89. The van der Waals surface area contributed by atoms with Crippen LogP contribution in [0.25, 0.3) is 11.3 Å². The Hall–Kier alpha value is -2.88. The molecule has 0 unspecified atom stereocenters. The minimum absolute atomic E-state index is 0.134. The van der Waals surface area contributed by atoms with E-state index in [0.717, 1.165) is 28.2 Å². The average molecular weight is 291 g/mol. The molecule has 0 aliphatic heterocycles. The van der Waals surface area contributed by atoms with Gasteiger partial charge < -0.3 is 5.32 Å². The molecule has 1 heterocycles. The maximum absolute atomic E-state index is 12.4. The van der Waals surface area contributed by atoms with Crippen LogP contribution in [-0.4, -0.2) is 16.1 Å². The number of hydrogen-bond donors (Lipinski definition) is 2. The number of rotatable bonds is 3. The Balaban J connectivity index is 1.93. The van der Waals surface area contributed by atoms with E-state index in [9.17, 15) is 4.79 Å². The van der Waals surface area contributed by atoms with Gasteiger partial charge in [0.1, 0.15) is 5.69 Å². The van der Waals surface area contributed by atoms with Gasteiger partial charge in [-0.2, -0.15) is 5.10 Å². The third kappa shape index (κ3) is 2.76. The summed E-state index contributed by atoms with van der Waals surface area (Å²) < 4.78 is 0. The highest BCUT2D eigenvalue weighted by molar-refractivity contribution is 6.06. The maximum atomic E-state index is 12.4. The fraction of sp³-hybridized carbons (Fsp3) is 0.111. The summed E-state index contributed by atoms with van der Waals surface area (Å²) in [6.07, 6.45) is 0. The van der Waals surface area contributed by atoms with Crippen LogP contribution in [0.1, 0.15) is 21.6 Å². The van der Waals surface area contributed by atoms with E-state index >= 15 is 0 Å². The SMILES string of the molecule is Cc1cccc(C(=O)Nc2c(-c3ccccc3)n[nH]c2C)c1. The Morgan fingerprint density at radius 3 is 2.55 bits per heavy atom. The molecule has 4 nitrogen and oxygen atoms in total. The van der Waals surface area contributed by atoms with Crippen LogP contribution in [0.2, 0.25) is 0 Å². The second-order valence-corrected chi connectivity index (χ2v) is 5.26. The van der Waals surface area contributed by atoms with Crippen molar-refractivity contribution in [1.82, 2.24) is 10.2 Å². The van der Waals surface area contributed by atoms with Crippen LogP contribution in [0.5, 0.6) is 0 Å². The van der Waals surface area contributed by atoms with E-state index in [1.54, 1.807) is 6.07 Å². The van der Waals surface area contributed by atoms with Gasteiger partial charge in [-0.05, 0) is 26.0 Å². The number of carbonyl (C=O) groups is 1. The van der Waals surface area contributed by atoms with Crippen molar-refractivity contribution in [1.29, 1.82) is 0 Å². The molecule has 3 aromatic rings. The minimum atomic E-state index is -0.134. The predicted octanol–water partition coefficient (Wildman–Crippen LogP) is 3.95. The fourth-order valence-electron chi connectivity index (χ4n) is 2.36. The highest BCUT2D eigenvalue weighted by atomic mass is 16.1. The smallest absolute Gasteiger partial charge is 0.255 e. The second-order valence-electron chi connectivity index (χ2n) is 5.26. The Morgan fingerprint density at radius 1 is 1.05 bits per heavy atom. The first-order chi connectivity index (χ1) is 10.6. The summed E-state index contributed by atoms with van der Waals surface area (Å²) in [5, 5.41) is 10.2. The summed E-state index contributed by atoms with van der Waals surface area (Å²) in [4.78, 5) is 12.4. The lowest BCUT2D eigenvalue weighted by Gasteiger charge is -2.07. The van der Waals surface area contributed by atoms with Gasteiger partial charge in [-0.1, -0.05) is 48.0 Å². The Bertz CT molecular complexity index is 806. The van der Waals surface area contributed by atoms with E-state index in [0.29, 0.717) is 5.56 Å². The molecule has 22 heavy (non-hydrogen) atoms. The topological polar surface area (TPSA) is 57.8 Å². The van der Waals surface area contributed by atoms with E-state index in [1.165, 1.54) is 0 Å². The van der Waals surface area contributed by atoms with Crippen molar-refractivity contribution in [3.63, 3.8) is 0 Å². The van der Waals surface area contributed by atoms with E-state index in [-0.39, 0.29) is 5.91 Å². The van der Waals surface area contributed by atoms with E-state index < -0.39 is 0 Å². The summed E-state index contributed by atoms with van der Waals surface area (Å²) in [6, 6.07) is 17.3. The van der Waals surface area contributed by atoms with E-state index in [2.05, 4.69) is 15.5 Å². The van der Waals surface area contributed by atoms with Gasteiger partial charge in [0, 0.05) is 11.1 Å². The molecule has 0 aliphatic carbocycles. The molecular weight excluding hydrogens is 274 g/mol. The van der Waals surface area contributed by atoms with Crippen molar-refractivity contribution < 1.29 is 4.79 Å². The largest absolute Gasteiger partial charge is 0.319 e. The van der Waals surface area contributed by atoms with Crippen LogP contribution in [0, 0.1) is 13.8 Å². The molecule has 0 spiro atoms. The molecule has 0 saturated carbocycles. The van der Waals surface area contributed by atoms with E-state index in [4.69, 9.17) is 0 Å². The van der Waals surface area contributed by atoms with Crippen molar-refractivity contribution in [2.24, 2.45) is 0 Å². The minimum Gasteiger partial charge on any atom is -0.319 e. The number of aryl methyl sites for hydroxylation is 2. The Labute approximate surface area is 129 Å². The van der Waals surface area contributed by atoms with Crippen LogP contribution >= 0.6 is 0 Å². The normalized spacial score (nSPS) is 10.5. The highest BCUT2D eigenvalue weighted by Gasteiger charge is 2.15. The third-order valence-corrected chi connectivity index (χ3v) is 3.51. The van der Waals surface area contributed by atoms with E-state index in [1.807, 2.05) is 62.4 Å². The van der Waals surface area contributed by atoms with Crippen molar-refractivity contribution in [3.05, 3.63) is 71.4 Å². The molecule has 3 rings (SSSR count). The van der Waals surface area contributed by atoms with Crippen molar-refractivity contribution in [2.75, 3.05) is 5.32 Å². The second kappa shape index (κ2) is 5.85. The van der Waals surface area contributed by atoms with Crippen LogP contribution < -0.4 is 5.32 Å². The number of anilines is 1. The summed E-state index contributed by atoms with van der Waals surface area (Å²) in [5.41, 5.74) is 4.96. The molecule has 110 valence electrons. The van der Waals surface area contributed by atoms with Crippen LogP contribution in [0.3, 0.4) is 0 Å². The summed E-state index contributed by atoms with van der Waals surface area (Å²) >= 11 is 0. The molecular formula is C18H17N3O. The standard InChI is InChI=1S/C18H17N3O/c1-12-7-6-10-15(11-12)18(22)19-16-13(2)20-21-17(16)14-8-4-3-5-9-14/h3-11H,1-2H3,(H,19,22)(H,20,21). The van der Waals surface area contributed by atoms with Gasteiger partial charge in [-0.3, -0.25) is 9.89 Å². The number of aromatic nitrogens is 2. The molecule has 1 aromatic heterocycles. The van der Waals surface area contributed by atoms with Crippen LogP contribution in [0.15, 0.2) is 54.6 Å². The molecule has 1 amide bonds. The molecule has 0 aliphatic rings. The zero-order valence-corrected chi connectivity index (χ0v) is 12.6. The molecule has 0 radical (unpaired) electrons. The monoisotopic (exact) mass is 291 g/mol. The van der Waals surface area contributed by atoms with Crippen LogP contribution in [-0.2, 0) is 0 Å². The zero-order valence-electron chi connectivity index (χ0n) is 12.6. The molecule has 2 N–H and O–H groups in total. The highest BCUT2D eigenvalue weighted by Crippen LogP contribution is 2.28. The number of nitrogens with zero attached hydrogens (tertiary/aromatic N) is 1. The van der Waals surface area contributed by atoms with Crippen molar-refractivity contribution in [3.8, 4) is 11.3 Å². The fourth-order valence-corrected chi connectivity index (χ4v) is 2.36. The molecule has 4 heteroatoms. The van der Waals surface area contributed by atoms with Gasteiger partial charge in [-0.15, -0.1) is 0 Å². The van der Waals surface area contributed by atoms with Gasteiger partial charge in [0.05, 0.1) is 11.4 Å². The lowest BCUT2D eigenvalue weighted by Crippen LogP contribution is -2.13.